The van der Waals surface area contributed by atoms with Crippen LogP contribution >= 0.6 is 0 Å². The molecule has 0 atom stereocenters. The summed E-state index contributed by atoms with van der Waals surface area (Å²) in [7, 11) is 0. The van der Waals surface area contributed by atoms with Gasteiger partial charge in [-0.05, 0) is 18.2 Å². The average molecular weight is 344 g/mol. The van der Waals surface area contributed by atoms with Crippen LogP contribution in [-0.4, -0.2) is 40.2 Å². The number of hydrogen-bond donors (Lipinski definition) is 3. The Balaban J connectivity index is 1.98. The normalized spacial score (nSPS) is 9.64. The maximum Gasteiger partial charge on any atom is 0.322 e. The number of carboxylic acids is 1. The molecule has 1 aromatic carbocycles. The number of nitrogens with zero attached hydrogens (tertiary/aromatic N) is 1. The van der Waals surface area contributed by atoms with Gasteiger partial charge < -0.3 is 20.3 Å². The quantitative estimate of drug-likeness (QED) is 0.703. The van der Waals surface area contributed by atoms with Gasteiger partial charge in [-0.15, -0.1) is 0 Å². The number of benzene rings is 1. The van der Waals surface area contributed by atoms with E-state index in [-0.39, 0.29) is 18.1 Å². The summed E-state index contributed by atoms with van der Waals surface area (Å²) in [5, 5.41) is 20.4. The van der Waals surface area contributed by atoms with Gasteiger partial charge >= 0.3 is 5.97 Å². The lowest BCUT2D eigenvalue weighted by atomic mass is 10.2. The zero-order valence-corrected chi connectivity index (χ0v) is 12.8. The summed E-state index contributed by atoms with van der Waals surface area (Å²) in [5.74, 6) is 2.37. The van der Waals surface area contributed by atoms with Crippen LogP contribution in [0, 0.1) is 17.7 Å². The molecule has 0 saturated heterocycles. The lowest BCUT2D eigenvalue weighted by molar-refractivity contribution is -0.135. The zero-order valence-electron chi connectivity index (χ0n) is 12.8. The van der Waals surface area contributed by atoms with Crippen LogP contribution in [0.5, 0.6) is 11.5 Å². The summed E-state index contributed by atoms with van der Waals surface area (Å²) in [6.07, 6.45) is 1.24. The predicted octanol–water partition coefficient (Wildman–Crippen LogP) is 1.17. The van der Waals surface area contributed by atoms with Crippen molar-refractivity contribution >= 4 is 11.9 Å². The van der Waals surface area contributed by atoms with Gasteiger partial charge in [0, 0.05) is 11.8 Å². The third-order valence-corrected chi connectivity index (χ3v) is 2.85. The molecule has 1 aromatic heterocycles. The average Bonchev–Trinajstić information content (AvgIpc) is 2.58. The van der Waals surface area contributed by atoms with Gasteiger partial charge in [0.15, 0.2) is 17.3 Å². The van der Waals surface area contributed by atoms with Crippen molar-refractivity contribution in [3.8, 4) is 23.3 Å². The number of aromatic hydroxyl groups is 1. The van der Waals surface area contributed by atoms with Gasteiger partial charge in [-0.25, -0.2) is 9.37 Å². The lowest BCUT2D eigenvalue weighted by Gasteiger charge is -2.04. The van der Waals surface area contributed by atoms with Crippen LogP contribution in [0.3, 0.4) is 0 Å². The fraction of sp³-hybridized carbons (Fsp3) is 0.118. The molecule has 0 aliphatic rings. The van der Waals surface area contributed by atoms with Gasteiger partial charge in [0.05, 0.1) is 0 Å². The number of para-hydroxylation sites is 1. The first-order chi connectivity index (χ1) is 12.0. The number of carboxylic acid groups (broad SMARTS) is 1. The number of hydrogen-bond acceptors (Lipinski definition) is 5. The lowest BCUT2D eigenvalue weighted by Crippen LogP contribution is -2.29. The molecule has 0 radical (unpaired) electrons. The molecule has 0 saturated carbocycles. The van der Waals surface area contributed by atoms with Crippen molar-refractivity contribution in [2.75, 3.05) is 13.2 Å². The van der Waals surface area contributed by atoms with Crippen LogP contribution in [0.1, 0.15) is 16.1 Å². The van der Waals surface area contributed by atoms with Crippen molar-refractivity contribution in [1.29, 1.82) is 0 Å². The topological polar surface area (TPSA) is 109 Å². The van der Waals surface area contributed by atoms with E-state index in [0.717, 1.165) is 0 Å². The highest BCUT2D eigenvalue weighted by molar-refractivity contribution is 5.96. The second kappa shape index (κ2) is 8.31. The second-order valence-corrected chi connectivity index (χ2v) is 4.69. The highest BCUT2D eigenvalue weighted by Crippen LogP contribution is 2.16. The molecule has 0 spiro atoms. The Morgan fingerprint density at radius 2 is 2.08 bits per heavy atom. The van der Waals surface area contributed by atoms with Crippen LogP contribution in [-0.2, 0) is 4.79 Å². The molecule has 1 amide bonds. The standard InChI is InChI=1S/C17H13FN2O5/c18-12-5-1-2-6-14(12)25-7-3-4-11-8-13(21)16(19-9-11)17(24)20-10-15(22)23/h1-2,5-6,8-9,21H,7,10H2,(H,20,24)(H,22,23). The Hall–Kier alpha value is -3.60. The Bertz CT molecular complexity index is 858. The van der Waals surface area contributed by atoms with Gasteiger partial charge in [0.1, 0.15) is 18.9 Å². The number of carbonyl (C=O) groups excluding carboxylic acids is 1. The minimum absolute atomic E-state index is 0.0724. The van der Waals surface area contributed by atoms with Crippen molar-refractivity contribution in [3.05, 3.63) is 53.6 Å². The van der Waals surface area contributed by atoms with Gasteiger partial charge in [-0.2, -0.15) is 0 Å². The number of pyridine rings is 1. The van der Waals surface area contributed by atoms with Crippen LogP contribution in [0.4, 0.5) is 4.39 Å². The molecule has 0 unspecified atom stereocenters. The fourth-order valence-electron chi connectivity index (χ4n) is 1.75. The maximum atomic E-state index is 13.3. The summed E-state index contributed by atoms with van der Waals surface area (Å²) in [5.41, 5.74) is -0.00109. The van der Waals surface area contributed by atoms with Gasteiger partial charge in [-0.1, -0.05) is 24.0 Å². The SMILES string of the molecule is O=C(O)CNC(=O)c1ncc(C#CCOc2ccccc2F)cc1O. The molecule has 2 rings (SSSR count). The Morgan fingerprint density at radius 1 is 1.32 bits per heavy atom. The Labute approximate surface area is 142 Å². The highest BCUT2D eigenvalue weighted by Gasteiger charge is 2.13. The third kappa shape index (κ3) is 5.21. The maximum absolute atomic E-state index is 13.3. The van der Waals surface area contributed by atoms with Crippen molar-refractivity contribution in [2.24, 2.45) is 0 Å². The minimum atomic E-state index is -1.22. The summed E-state index contributed by atoms with van der Waals surface area (Å²) in [4.78, 5) is 25.8. The minimum Gasteiger partial charge on any atom is -0.505 e. The van der Waals surface area contributed by atoms with Crippen LogP contribution in [0.25, 0.3) is 0 Å². The number of halogens is 1. The van der Waals surface area contributed by atoms with Gasteiger partial charge in [-0.3, -0.25) is 9.59 Å². The molecule has 0 aliphatic heterocycles. The number of nitrogens with one attached hydrogen (secondary N) is 1. The molecule has 0 fully saturated rings. The van der Waals surface area contributed by atoms with E-state index in [2.05, 4.69) is 22.1 Å². The van der Waals surface area contributed by atoms with E-state index in [1.807, 2.05) is 0 Å². The summed E-state index contributed by atoms with van der Waals surface area (Å²) in [6.45, 7) is -0.669. The summed E-state index contributed by atoms with van der Waals surface area (Å²) >= 11 is 0. The van der Waals surface area contributed by atoms with Crippen LogP contribution < -0.4 is 10.1 Å². The molecule has 0 aliphatic carbocycles. The smallest absolute Gasteiger partial charge is 0.322 e. The van der Waals surface area contributed by atoms with Crippen LogP contribution in [0.15, 0.2) is 36.5 Å². The first-order valence-electron chi connectivity index (χ1n) is 7.02. The van der Waals surface area contributed by atoms with Gasteiger partial charge in [0.2, 0.25) is 0 Å². The number of aliphatic carboxylic acids is 1. The Morgan fingerprint density at radius 3 is 2.76 bits per heavy atom. The van der Waals surface area contributed by atoms with E-state index < -0.39 is 30.0 Å². The third-order valence-electron chi connectivity index (χ3n) is 2.85. The summed E-state index contributed by atoms with van der Waals surface area (Å²) < 4.78 is 18.5. The van der Waals surface area contributed by atoms with Crippen molar-refractivity contribution in [1.82, 2.24) is 10.3 Å². The highest BCUT2D eigenvalue weighted by atomic mass is 19.1. The molecular formula is C17H13FN2O5. The van der Waals surface area contributed by atoms with Crippen molar-refractivity contribution < 1.29 is 28.9 Å². The van der Waals surface area contributed by atoms with Crippen LogP contribution in [0.2, 0.25) is 0 Å². The molecule has 3 N–H and O–H groups in total. The molecule has 8 heteroatoms. The first-order valence-corrected chi connectivity index (χ1v) is 7.02. The largest absolute Gasteiger partial charge is 0.505 e. The second-order valence-electron chi connectivity index (χ2n) is 4.69. The summed E-state index contributed by atoms with van der Waals surface area (Å²) in [6, 6.07) is 7.10. The molecule has 2 aromatic rings. The van der Waals surface area contributed by atoms with E-state index in [1.54, 1.807) is 6.07 Å². The first kappa shape index (κ1) is 17.7. The molecular weight excluding hydrogens is 331 g/mol. The van der Waals surface area contributed by atoms with Crippen molar-refractivity contribution in [2.45, 2.75) is 0 Å². The number of carbonyl (C=O) groups is 2. The number of rotatable bonds is 5. The monoisotopic (exact) mass is 344 g/mol. The number of amides is 1. The zero-order chi connectivity index (χ0) is 18.2. The molecule has 0 bridgehead atoms. The van der Waals surface area contributed by atoms with E-state index >= 15 is 0 Å². The van der Waals surface area contributed by atoms with Gasteiger partial charge in [0.25, 0.3) is 5.91 Å². The van der Waals surface area contributed by atoms with E-state index in [4.69, 9.17) is 9.84 Å². The Kier molecular flexibility index (Phi) is 5.90. The fourth-order valence-corrected chi connectivity index (χ4v) is 1.75. The number of ether oxygens (including phenoxy) is 1. The molecule has 128 valence electrons. The van der Waals surface area contributed by atoms with E-state index in [0.29, 0.717) is 5.56 Å². The predicted molar refractivity (Wildman–Crippen MR) is 84.6 cm³/mol. The number of aromatic nitrogens is 1. The van der Waals surface area contributed by atoms with Crippen molar-refractivity contribution in [3.63, 3.8) is 0 Å². The van der Waals surface area contributed by atoms with E-state index in [9.17, 15) is 19.1 Å². The molecule has 7 nitrogen and oxygen atoms in total. The van der Waals surface area contributed by atoms with E-state index in [1.165, 1.54) is 30.5 Å². The molecule has 1 heterocycles. The molecule has 25 heavy (non-hydrogen) atoms.